The van der Waals surface area contributed by atoms with E-state index in [0.29, 0.717) is 32.5 Å². The van der Waals surface area contributed by atoms with E-state index in [1.165, 1.54) is 0 Å². The van der Waals surface area contributed by atoms with Crippen LogP contribution in [0.3, 0.4) is 0 Å². The number of hydrogen-bond acceptors (Lipinski definition) is 4. The number of likely N-dealkylation sites (tertiary alicyclic amines) is 2. The average molecular weight is 386 g/mol. The van der Waals surface area contributed by atoms with E-state index in [1.54, 1.807) is 4.90 Å². The SMILES string of the molecule is O=C1CCCCCN1CCC(=O)N1C[C@@H](O)[C@@]2(C1)[C@H](CO)[C@H]2c1ccccc1. The van der Waals surface area contributed by atoms with Crippen LogP contribution in [0.15, 0.2) is 30.3 Å². The Hall–Kier alpha value is -1.92. The van der Waals surface area contributed by atoms with Crippen molar-refractivity contribution >= 4 is 11.8 Å². The largest absolute Gasteiger partial charge is 0.396 e. The molecule has 4 atom stereocenters. The summed E-state index contributed by atoms with van der Waals surface area (Å²) in [5, 5.41) is 20.7. The Bertz CT molecular complexity index is 725. The summed E-state index contributed by atoms with van der Waals surface area (Å²) in [6.07, 6.45) is 3.26. The van der Waals surface area contributed by atoms with Gasteiger partial charge in [-0.25, -0.2) is 0 Å². The summed E-state index contributed by atoms with van der Waals surface area (Å²) >= 11 is 0. The summed E-state index contributed by atoms with van der Waals surface area (Å²) < 4.78 is 0. The van der Waals surface area contributed by atoms with Gasteiger partial charge in [0.1, 0.15) is 0 Å². The minimum absolute atomic E-state index is 0.0108. The highest BCUT2D eigenvalue weighted by atomic mass is 16.3. The molecule has 0 aromatic heterocycles. The number of nitrogens with zero attached hydrogens (tertiary/aromatic N) is 2. The van der Waals surface area contributed by atoms with Crippen LogP contribution in [0.5, 0.6) is 0 Å². The molecule has 1 aromatic carbocycles. The van der Waals surface area contributed by atoms with Gasteiger partial charge in [-0.15, -0.1) is 0 Å². The lowest BCUT2D eigenvalue weighted by Crippen LogP contribution is -2.36. The number of aliphatic hydroxyl groups excluding tert-OH is 2. The first-order valence-electron chi connectivity index (χ1n) is 10.5. The van der Waals surface area contributed by atoms with E-state index in [2.05, 4.69) is 0 Å². The van der Waals surface area contributed by atoms with Crippen LogP contribution < -0.4 is 0 Å². The molecule has 6 nitrogen and oxygen atoms in total. The molecular weight excluding hydrogens is 356 g/mol. The van der Waals surface area contributed by atoms with E-state index >= 15 is 0 Å². The van der Waals surface area contributed by atoms with Gasteiger partial charge in [0.25, 0.3) is 0 Å². The molecule has 1 aliphatic carbocycles. The van der Waals surface area contributed by atoms with E-state index in [4.69, 9.17) is 0 Å². The third-order valence-electron chi connectivity index (χ3n) is 7.02. The third kappa shape index (κ3) is 3.33. The van der Waals surface area contributed by atoms with Crippen molar-refractivity contribution in [2.24, 2.45) is 11.3 Å². The van der Waals surface area contributed by atoms with Gasteiger partial charge < -0.3 is 20.0 Å². The monoisotopic (exact) mass is 386 g/mol. The number of hydrogen-bond donors (Lipinski definition) is 2. The van der Waals surface area contributed by atoms with Gasteiger partial charge in [-0.05, 0) is 30.2 Å². The first-order valence-corrected chi connectivity index (χ1v) is 10.5. The van der Waals surface area contributed by atoms with Crippen molar-refractivity contribution in [1.82, 2.24) is 9.80 Å². The number of aliphatic hydroxyl groups is 2. The lowest BCUT2D eigenvalue weighted by Gasteiger charge is -2.22. The van der Waals surface area contributed by atoms with Crippen LogP contribution in [0.1, 0.15) is 43.6 Å². The van der Waals surface area contributed by atoms with Crippen LogP contribution in [0.25, 0.3) is 0 Å². The van der Waals surface area contributed by atoms with E-state index in [0.717, 1.165) is 31.4 Å². The highest BCUT2D eigenvalue weighted by molar-refractivity contribution is 5.79. The Morgan fingerprint density at radius 1 is 1.18 bits per heavy atom. The molecule has 0 bridgehead atoms. The van der Waals surface area contributed by atoms with Crippen molar-refractivity contribution in [3.63, 3.8) is 0 Å². The van der Waals surface area contributed by atoms with Gasteiger partial charge in [0.15, 0.2) is 0 Å². The zero-order valence-corrected chi connectivity index (χ0v) is 16.3. The second-order valence-corrected chi connectivity index (χ2v) is 8.52. The Morgan fingerprint density at radius 2 is 1.96 bits per heavy atom. The Labute approximate surface area is 166 Å². The molecule has 2 aliphatic heterocycles. The summed E-state index contributed by atoms with van der Waals surface area (Å²) in [5.74, 6) is 0.201. The molecule has 2 heterocycles. The number of benzene rings is 1. The van der Waals surface area contributed by atoms with Crippen LogP contribution in [-0.4, -0.2) is 70.7 Å². The van der Waals surface area contributed by atoms with Crippen LogP contribution >= 0.6 is 0 Å². The summed E-state index contributed by atoms with van der Waals surface area (Å²) in [7, 11) is 0. The normalized spacial score (nSPS) is 32.6. The van der Waals surface area contributed by atoms with E-state index in [-0.39, 0.29) is 30.3 Å². The molecule has 2 saturated heterocycles. The van der Waals surface area contributed by atoms with E-state index in [1.807, 2.05) is 35.2 Å². The Balaban J connectivity index is 1.39. The van der Waals surface area contributed by atoms with Crippen molar-refractivity contribution in [2.75, 3.05) is 32.8 Å². The second-order valence-electron chi connectivity index (χ2n) is 8.52. The standard InChI is InChI=1S/C22H30N2O4/c25-14-17-21(16-7-3-1-4-8-16)22(17)15-24(13-18(22)26)20(28)10-12-23-11-6-2-5-9-19(23)27/h1,3-4,7-8,17-18,21,25-26H,2,5-6,9-15H2/t17-,18-,21-,22-/m1/s1. The molecule has 0 radical (unpaired) electrons. The number of carbonyl (C=O) groups is 2. The summed E-state index contributed by atoms with van der Waals surface area (Å²) in [6.45, 7) is 2.00. The quantitative estimate of drug-likeness (QED) is 0.801. The second kappa shape index (κ2) is 7.84. The fourth-order valence-corrected chi connectivity index (χ4v) is 5.42. The number of rotatable bonds is 5. The van der Waals surface area contributed by atoms with E-state index < -0.39 is 11.5 Å². The molecular formula is C22H30N2O4. The van der Waals surface area contributed by atoms with Crippen molar-refractivity contribution in [3.8, 4) is 0 Å². The molecule has 2 amide bonds. The molecule has 6 heteroatoms. The maximum absolute atomic E-state index is 12.8. The Kier molecular flexibility index (Phi) is 5.43. The topological polar surface area (TPSA) is 81.1 Å². The van der Waals surface area contributed by atoms with Gasteiger partial charge in [-0.1, -0.05) is 36.8 Å². The molecule has 4 rings (SSSR count). The van der Waals surface area contributed by atoms with Crippen molar-refractivity contribution < 1.29 is 19.8 Å². The van der Waals surface area contributed by atoms with Gasteiger partial charge in [0.2, 0.25) is 11.8 Å². The zero-order valence-electron chi connectivity index (χ0n) is 16.3. The molecule has 3 aliphatic rings. The lowest BCUT2D eigenvalue weighted by molar-refractivity contribution is -0.133. The lowest BCUT2D eigenvalue weighted by atomic mass is 9.95. The Morgan fingerprint density at radius 3 is 2.71 bits per heavy atom. The maximum atomic E-state index is 12.8. The predicted molar refractivity (Wildman–Crippen MR) is 104 cm³/mol. The van der Waals surface area contributed by atoms with Crippen molar-refractivity contribution in [3.05, 3.63) is 35.9 Å². The van der Waals surface area contributed by atoms with Crippen LogP contribution in [-0.2, 0) is 9.59 Å². The third-order valence-corrected chi connectivity index (χ3v) is 7.02. The van der Waals surface area contributed by atoms with Crippen LogP contribution in [0.4, 0.5) is 0 Å². The molecule has 1 saturated carbocycles. The fraction of sp³-hybridized carbons (Fsp3) is 0.636. The van der Waals surface area contributed by atoms with Gasteiger partial charge in [0.05, 0.1) is 6.10 Å². The van der Waals surface area contributed by atoms with Crippen molar-refractivity contribution in [1.29, 1.82) is 0 Å². The molecule has 0 unspecified atom stereocenters. The first-order chi connectivity index (χ1) is 13.6. The molecule has 152 valence electrons. The number of amides is 2. The van der Waals surface area contributed by atoms with Crippen LogP contribution in [0.2, 0.25) is 0 Å². The molecule has 1 spiro atoms. The predicted octanol–water partition coefficient (Wildman–Crippen LogP) is 1.37. The van der Waals surface area contributed by atoms with Gasteiger partial charge in [0, 0.05) is 51.0 Å². The average Bonchev–Trinajstić information content (AvgIpc) is 3.31. The fourth-order valence-electron chi connectivity index (χ4n) is 5.42. The van der Waals surface area contributed by atoms with Gasteiger partial charge in [-0.2, -0.15) is 0 Å². The molecule has 1 aromatic rings. The summed E-state index contributed by atoms with van der Waals surface area (Å²) in [4.78, 5) is 28.5. The smallest absolute Gasteiger partial charge is 0.224 e. The summed E-state index contributed by atoms with van der Waals surface area (Å²) in [6, 6.07) is 9.96. The molecule has 28 heavy (non-hydrogen) atoms. The van der Waals surface area contributed by atoms with Crippen molar-refractivity contribution in [2.45, 2.75) is 44.1 Å². The van der Waals surface area contributed by atoms with E-state index in [9.17, 15) is 19.8 Å². The number of carbonyl (C=O) groups excluding carboxylic acids is 2. The maximum Gasteiger partial charge on any atom is 0.224 e. The minimum Gasteiger partial charge on any atom is -0.396 e. The van der Waals surface area contributed by atoms with Crippen LogP contribution in [0, 0.1) is 11.3 Å². The molecule has 3 fully saturated rings. The summed E-state index contributed by atoms with van der Waals surface area (Å²) in [5.41, 5.74) is 0.676. The van der Waals surface area contributed by atoms with Gasteiger partial charge in [-0.3, -0.25) is 9.59 Å². The minimum atomic E-state index is -0.626. The van der Waals surface area contributed by atoms with Gasteiger partial charge >= 0.3 is 0 Å². The number of β-amino-alcohol motifs (C(OH)–C–C–N with tert-alkyl or cyclic N) is 1. The highest BCUT2D eigenvalue weighted by Gasteiger charge is 2.71. The first kappa shape index (κ1) is 19.4. The molecule has 2 N–H and O–H groups in total. The highest BCUT2D eigenvalue weighted by Crippen LogP contribution is 2.68. The zero-order chi connectivity index (χ0) is 19.7.